The quantitative estimate of drug-likeness (QED) is 0.713. The molecule has 1 N–H and O–H groups in total. The standard InChI is InChI=1S/C22H26N4O2/c1-14(2)26-21-17(13-24-26)20(16-8-6-9-18(16)25-21)22(27)23-12-11-15-7-4-5-10-19(15)28-3/h4-5,7,10,13-14H,6,8-9,11-12H2,1-3H3,(H,23,27). The van der Waals surface area contributed by atoms with Gasteiger partial charge in [0, 0.05) is 18.3 Å². The number of rotatable bonds is 6. The zero-order valence-corrected chi connectivity index (χ0v) is 16.7. The molecule has 1 aromatic carbocycles. The number of benzene rings is 1. The third-order valence-electron chi connectivity index (χ3n) is 5.36. The molecule has 146 valence electrons. The number of nitrogens with one attached hydrogen (secondary N) is 1. The minimum absolute atomic E-state index is 0.0382. The summed E-state index contributed by atoms with van der Waals surface area (Å²) in [5, 5.41) is 8.44. The van der Waals surface area contributed by atoms with Crippen molar-refractivity contribution in [2.45, 2.75) is 45.6 Å². The number of pyridine rings is 1. The number of fused-ring (bicyclic) bond motifs is 2. The van der Waals surface area contributed by atoms with E-state index in [0.717, 1.165) is 64.9 Å². The summed E-state index contributed by atoms with van der Waals surface area (Å²) in [7, 11) is 1.67. The van der Waals surface area contributed by atoms with E-state index in [4.69, 9.17) is 9.72 Å². The van der Waals surface area contributed by atoms with Gasteiger partial charge in [0.2, 0.25) is 0 Å². The Hall–Kier alpha value is -2.89. The lowest BCUT2D eigenvalue weighted by atomic mass is 10.0. The molecule has 3 aromatic rings. The fraction of sp³-hybridized carbons (Fsp3) is 0.409. The number of nitrogens with zero attached hydrogens (tertiary/aromatic N) is 3. The van der Waals surface area contributed by atoms with Crippen molar-refractivity contribution in [3.05, 3.63) is 52.8 Å². The lowest BCUT2D eigenvalue weighted by Gasteiger charge is -2.13. The smallest absolute Gasteiger partial charge is 0.252 e. The Morgan fingerprint density at radius 3 is 2.89 bits per heavy atom. The molecule has 0 fully saturated rings. The molecule has 0 saturated carbocycles. The van der Waals surface area contributed by atoms with Gasteiger partial charge in [-0.05, 0) is 56.7 Å². The van der Waals surface area contributed by atoms with Crippen molar-refractivity contribution in [2.75, 3.05) is 13.7 Å². The van der Waals surface area contributed by atoms with Crippen molar-refractivity contribution < 1.29 is 9.53 Å². The Morgan fingerprint density at radius 2 is 2.11 bits per heavy atom. The molecule has 6 heteroatoms. The van der Waals surface area contributed by atoms with Crippen molar-refractivity contribution in [3.8, 4) is 5.75 Å². The number of hydrogen-bond acceptors (Lipinski definition) is 4. The van der Waals surface area contributed by atoms with Crippen LogP contribution in [0.5, 0.6) is 5.75 Å². The molecule has 1 aliphatic rings. The van der Waals surface area contributed by atoms with Gasteiger partial charge in [0.15, 0.2) is 5.65 Å². The van der Waals surface area contributed by atoms with Gasteiger partial charge in [-0.3, -0.25) is 4.79 Å². The zero-order valence-electron chi connectivity index (χ0n) is 16.7. The summed E-state index contributed by atoms with van der Waals surface area (Å²) in [6.45, 7) is 4.71. The van der Waals surface area contributed by atoms with Crippen LogP contribution in [-0.4, -0.2) is 34.3 Å². The number of carbonyl (C=O) groups is 1. The van der Waals surface area contributed by atoms with Crippen LogP contribution in [0.3, 0.4) is 0 Å². The van der Waals surface area contributed by atoms with Gasteiger partial charge in [0.1, 0.15) is 5.75 Å². The molecule has 1 aliphatic carbocycles. The molecule has 6 nitrogen and oxygen atoms in total. The Kier molecular flexibility index (Phi) is 5.03. The highest BCUT2D eigenvalue weighted by Gasteiger charge is 2.26. The summed E-state index contributed by atoms with van der Waals surface area (Å²) in [5.41, 5.74) is 4.79. The fourth-order valence-corrected chi connectivity index (χ4v) is 4.00. The van der Waals surface area contributed by atoms with Gasteiger partial charge in [-0.1, -0.05) is 18.2 Å². The third-order valence-corrected chi connectivity index (χ3v) is 5.36. The van der Waals surface area contributed by atoms with E-state index < -0.39 is 0 Å². The van der Waals surface area contributed by atoms with Crippen LogP contribution in [0.25, 0.3) is 11.0 Å². The van der Waals surface area contributed by atoms with E-state index in [9.17, 15) is 4.79 Å². The molecule has 2 heterocycles. The monoisotopic (exact) mass is 378 g/mol. The van der Waals surface area contributed by atoms with Gasteiger partial charge < -0.3 is 10.1 Å². The van der Waals surface area contributed by atoms with E-state index in [2.05, 4.69) is 24.3 Å². The van der Waals surface area contributed by atoms with Gasteiger partial charge in [-0.25, -0.2) is 9.67 Å². The van der Waals surface area contributed by atoms with Crippen LogP contribution in [0.15, 0.2) is 30.5 Å². The lowest BCUT2D eigenvalue weighted by molar-refractivity contribution is 0.0954. The van der Waals surface area contributed by atoms with Crippen molar-refractivity contribution in [1.82, 2.24) is 20.1 Å². The second-order valence-corrected chi connectivity index (χ2v) is 7.50. The number of carbonyl (C=O) groups excluding carboxylic acids is 1. The highest BCUT2D eigenvalue weighted by atomic mass is 16.5. The highest BCUT2D eigenvalue weighted by molar-refractivity contribution is 6.07. The van der Waals surface area contributed by atoms with E-state index >= 15 is 0 Å². The number of aryl methyl sites for hydroxylation is 1. The predicted molar refractivity (Wildman–Crippen MR) is 109 cm³/mol. The molecule has 2 aromatic heterocycles. The minimum atomic E-state index is -0.0382. The van der Waals surface area contributed by atoms with Crippen molar-refractivity contribution in [2.24, 2.45) is 0 Å². The van der Waals surface area contributed by atoms with Crippen LogP contribution >= 0.6 is 0 Å². The van der Waals surface area contributed by atoms with Crippen molar-refractivity contribution >= 4 is 16.9 Å². The van der Waals surface area contributed by atoms with E-state index in [0.29, 0.717) is 6.54 Å². The summed E-state index contributed by atoms with van der Waals surface area (Å²) in [6.07, 6.45) is 5.38. The van der Waals surface area contributed by atoms with Crippen LogP contribution in [0.2, 0.25) is 0 Å². The molecule has 0 spiro atoms. The van der Waals surface area contributed by atoms with E-state index in [1.807, 2.05) is 28.9 Å². The van der Waals surface area contributed by atoms with Gasteiger partial charge in [0.25, 0.3) is 5.91 Å². The normalized spacial score (nSPS) is 13.1. The van der Waals surface area contributed by atoms with E-state index in [-0.39, 0.29) is 11.9 Å². The van der Waals surface area contributed by atoms with E-state index in [1.54, 1.807) is 13.3 Å². The molecule has 0 aliphatic heterocycles. The average Bonchev–Trinajstić information content (AvgIpc) is 3.32. The largest absolute Gasteiger partial charge is 0.496 e. The van der Waals surface area contributed by atoms with Crippen molar-refractivity contribution in [3.63, 3.8) is 0 Å². The lowest BCUT2D eigenvalue weighted by Crippen LogP contribution is -2.27. The molecule has 4 rings (SSSR count). The number of para-hydroxylation sites is 1. The van der Waals surface area contributed by atoms with Crippen LogP contribution < -0.4 is 10.1 Å². The summed E-state index contributed by atoms with van der Waals surface area (Å²) >= 11 is 0. The Labute approximate surface area is 164 Å². The first-order valence-electron chi connectivity index (χ1n) is 9.89. The second kappa shape index (κ2) is 7.62. The van der Waals surface area contributed by atoms with Gasteiger partial charge in [-0.2, -0.15) is 5.10 Å². The number of aromatic nitrogens is 3. The topological polar surface area (TPSA) is 69.0 Å². The number of amides is 1. The first-order chi connectivity index (χ1) is 13.6. The van der Waals surface area contributed by atoms with Crippen LogP contribution in [0.1, 0.15) is 53.5 Å². The molecule has 0 unspecified atom stereocenters. The number of ether oxygens (including phenoxy) is 1. The highest BCUT2D eigenvalue weighted by Crippen LogP contribution is 2.30. The zero-order chi connectivity index (χ0) is 19.7. The van der Waals surface area contributed by atoms with Gasteiger partial charge in [-0.15, -0.1) is 0 Å². The SMILES string of the molecule is COc1ccccc1CCNC(=O)c1c2c(nc3c1cnn3C(C)C)CCC2. The first kappa shape index (κ1) is 18.5. The maximum atomic E-state index is 13.1. The van der Waals surface area contributed by atoms with Crippen molar-refractivity contribution in [1.29, 1.82) is 0 Å². The summed E-state index contributed by atoms with van der Waals surface area (Å²) in [4.78, 5) is 18.0. The summed E-state index contributed by atoms with van der Waals surface area (Å²) in [6, 6.07) is 8.10. The van der Waals surface area contributed by atoms with E-state index in [1.165, 1.54) is 0 Å². The summed E-state index contributed by atoms with van der Waals surface area (Å²) in [5.74, 6) is 0.811. The molecule has 0 radical (unpaired) electrons. The Balaban J connectivity index is 1.60. The second-order valence-electron chi connectivity index (χ2n) is 7.50. The maximum absolute atomic E-state index is 13.1. The third kappa shape index (κ3) is 3.23. The molecular weight excluding hydrogens is 352 g/mol. The molecule has 1 amide bonds. The minimum Gasteiger partial charge on any atom is -0.496 e. The average molecular weight is 378 g/mol. The summed E-state index contributed by atoms with van der Waals surface area (Å²) < 4.78 is 7.30. The molecular formula is C22H26N4O2. The molecule has 0 saturated heterocycles. The van der Waals surface area contributed by atoms with Crippen LogP contribution in [-0.2, 0) is 19.3 Å². The predicted octanol–water partition coefficient (Wildman–Crippen LogP) is 3.48. The first-order valence-corrected chi connectivity index (χ1v) is 9.89. The fourth-order valence-electron chi connectivity index (χ4n) is 4.00. The Morgan fingerprint density at radius 1 is 1.29 bits per heavy atom. The van der Waals surface area contributed by atoms with Crippen LogP contribution in [0, 0.1) is 0 Å². The molecule has 0 atom stereocenters. The van der Waals surface area contributed by atoms with Gasteiger partial charge >= 0.3 is 0 Å². The maximum Gasteiger partial charge on any atom is 0.252 e. The molecule has 0 bridgehead atoms. The Bertz CT molecular complexity index is 1020. The number of methoxy groups -OCH3 is 1. The molecule has 28 heavy (non-hydrogen) atoms. The van der Waals surface area contributed by atoms with Crippen LogP contribution in [0.4, 0.5) is 0 Å². The van der Waals surface area contributed by atoms with Gasteiger partial charge in [0.05, 0.1) is 24.3 Å². The number of hydrogen-bond donors (Lipinski definition) is 1.